The average molecular weight is 247 g/mol. The predicted molar refractivity (Wildman–Crippen MR) is 69.5 cm³/mol. The fraction of sp³-hybridized carbons (Fsp3) is 0.167. The van der Waals surface area contributed by atoms with Crippen LogP contribution in [-0.4, -0.2) is 22.4 Å². The van der Waals surface area contributed by atoms with Gasteiger partial charge in [-0.2, -0.15) is 5.10 Å². The number of aryl methyl sites for hydroxylation is 1. The molecule has 2 aromatic rings. The standard InChI is InChI=1S/C12H13N3OS/c1-8-10(12(17-2)15-14-8)11(16)13-9-6-4-3-5-7-9/h3-7H,1-2H3,(H,13,16)(H,14,15). The van der Waals surface area contributed by atoms with E-state index in [9.17, 15) is 4.79 Å². The Morgan fingerprint density at radius 3 is 2.71 bits per heavy atom. The normalized spacial score (nSPS) is 10.2. The van der Waals surface area contributed by atoms with Crippen molar-refractivity contribution in [3.8, 4) is 0 Å². The summed E-state index contributed by atoms with van der Waals surface area (Å²) in [6, 6.07) is 9.38. The summed E-state index contributed by atoms with van der Waals surface area (Å²) in [5, 5.41) is 10.5. The highest BCUT2D eigenvalue weighted by Crippen LogP contribution is 2.21. The number of anilines is 1. The number of para-hydroxylation sites is 1. The van der Waals surface area contributed by atoms with Crippen LogP contribution in [0.15, 0.2) is 35.4 Å². The first-order valence-corrected chi connectivity index (χ1v) is 6.40. The van der Waals surface area contributed by atoms with Gasteiger partial charge in [-0.05, 0) is 25.3 Å². The maximum atomic E-state index is 12.1. The Bertz CT molecular complexity index is 522. The van der Waals surface area contributed by atoms with Crippen LogP contribution in [0.4, 0.5) is 5.69 Å². The van der Waals surface area contributed by atoms with E-state index in [0.717, 1.165) is 16.4 Å². The van der Waals surface area contributed by atoms with E-state index in [4.69, 9.17) is 0 Å². The minimum Gasteiger partial charge on any atom is -0.322 e. The lowest BCUT2D eigenvalue weighted by molar-refractivity contribution is 0.102. The van der Waals surface area contributed by atoms with Crippen molar-refractivity contribution >= 4 is 23.4 Å². The summed E-state index contributed by atoms with van der Waals surface area (Å²) in [5.74, 6) is -0.133. The first-order chi connectivity index (χ1) is 8.22. The molecule has 0 saturated carbocycles. The molecule has 4 nitrogen and oxygen atoms in total. The number of nitrogens with one attached hydrogen (secondary N) is 2. The molecule has 2 rings (SSSR count). The number of thioether (sulfide) groups is 1. The van der Waals surface area contributed by atoms with Crippen molar-refractivity contribution in [1.29, 1.82) is 0 Å². The lowest BCUT2D eigenvalue weighted by Crippen LogP contribution is -2.13. The summed E-state index contributed by atoms with van der Waals surface area (Å²) < 4.78 is 0. The van der Waals surface area contributed by atoms with Gasteiger partial charge in [-0.15, -0.1) is 11.8 Å². The van der Waals surface area contributed by atoms with Crippen LogP contribution >= 0.6 is 11.8 Å². The fourth-order valence-electron chi connectivity index (χ4n) is 1.54. The highest BCUT2D eigenvalue weighted by atomic mass is 32.2. The lowest BCUT2D eigenvalue weighted by Gasteiger charge is -2.05. The van der Waals surface area contributed by atoms with Gasteiger partial charge in [0.25, 0.3) is 5.91 Å². The molecule has 0 radical (unpaired) electrons. The molecular formula is C12H13N3OS. The van der Waals surface area contributed by atoms with E-state index in [0.29, 0.717) is 5.56 Å². The Labute approximate surface area is 104 Å². The van der Waals surface area contributed by atoms with Crippen molar-refractivity contribution in [3.05, 3.63) is 41.6 Å². The molecule has 0 aliphatic carbocycles. The third kappa shape index (κ3) is 2.50. The van der Waals surface area contributed by atoms with E-state index in [1.54, 1.807) is 0 Å². The zero-order valence-electron chi connectivity index (χ0n) is 9.65. The molecule has 0 saturated heterocycles. The molecule has 17 heavy (non-hydrogen) atoms. The van der Waals surface area contributed by atoms with Gasteiger partial charge >= 0.3 is 0 Å². The largest absolute Gasteiger partial charge is 0.322 e. The van der Waals surface area contributed by atoms with Crippen LogP contribution in [0, 0.1) is 6.92 Å². The van der Waals surface area contributed by atoms with Gasteiger partial charge in [0.05, 0.1) is 5.56 Å². The van der Waals surface area contributed by atoms with E-state index in [2.05, 4.69) is 15.5 Å². The third-order valence-corrected chi connectivity index (χ3v) is 3.05. The Kier molecular flexibility index (Phi) is 3.49. The van der Waals surface area contributed by atoms with E-state index in [-0.39, 0.29) is 5.91 Å². The molecule has 2 N–H and O–H groups in total. The van der Waals surface area contributed by atoms with Gasteiger partial charge in [-0.3, -0.25) is 9.89 Å². The quantitative estimate of drug-likeness (QED) is 0.820. The van der Waals surface area contributed by atoms with Crippen LogP contribution in [0.5, 0.6) is 0 Å². The first-order valence-electron chi connectivity index (χ1n) is 5.17. The van der Waals surface area contributed by atoms with Gasteiger partial charge < -0.3 is 5.32 Å². The topological polar surface area (TPSA) is 57.8 Å². The molecular weight excluding hydrogens is 234 g/mol. The molecule has 1 heterocycles. The zero-order valence-corrected chi connectivity index (χ0v) is 10.5. The molecule has 0 atom stereocenters. The van der Waals surface area contributed by atoms with E-state index >= 15 is 0 Å². The van der Waals surface area contributed by atoms with Crippen molar-refractivity contribution < 1.29 is 4.79 Å². The third-order valence-electron chi connectivity index (χ3n) is 2.37. The number of amides is 1. The summed E-state index contributed by atoms with van der Waals surface area (Å²) in [4.78, 5) is 12.1. The molecule has 88 valence electrons. The molecule has 0 unspecified atom stereocenters. The number of nitrogens with zero attached hydrogens (tertiary/aromatic N) is 1. The minimum atomic E-state index is -0.133. The zero-order chi connectivity index (χ0) is 12.3. The number of benzene rings is 1. The molecule has 0 spiro atoms. The van der Waals surface area contributed by atoms with Crippen molar-refractivity contribution in [2.24, 2.45) is 0 Å². The van der Waals surface area contributed by atoms with Crippen molar-refractivity contribution in [2.75, 3.05) is 11.6 Å². The number of hydrogen-bond donors (Lipinski definition) is 2. The Hall–Kier alpha value is -1.75. The van der Waals surface area contributed by atoms with Gasteiger partial charge in [0.2, 0.25) is 0 Å². The number of hydrogen-bond acceptors (Lipinski definition) is 3. The molecule has 1 amide bonds. The molecule has 5 heteroatoms. The fourth-order valence-corrected chi connectivity index (χ4v) is 2.12. The number of H-pyrrole nitrogens is 1. The molecule has 0 aliphatic heterocycles. The summed E-state index contributed by atoms with van der Waals surface area (Å²) in [6.45, 7) is 1.84. The SMILES string of the molecule is CSc1n[nH]c(C)c1C(=O)Nc1ccccc1. The first kappa shape index (κ1) is 11.7. The highest BCUT2D eigenvalue weighted by molar-refractivity contribution is 7.98. The van der Waals surface area contributed by atoms with E-state index in [1.165, 1.54) is 11.8 Å². The molecule has 0 fully saturated rings. The molecule has 1 aromatic carbocycles. The van der Waals surface area contributed by atoms with Gasteiger partial charge in [0.15, 0.2) is 0 Å². The minimum absolute atomic E-state index is 0.133. The van der Waals surface area contributed by atoms with Crippen molar-refractivity contribution in [1.82, 2.24) is 10.2 Å². The average Bonchev–Trinajstić information content (AvgIpc) is 2.71. The van der Waals surface area contributed by atoms with Crippen molar-refractivity contribution in [3.63, 3.8) is 0 Å². The Morgan fingerprint density at radius 2 is 2.06 bits per heavy atom. The molecule has 0 bridgehead atoms. The highest BCUT2D eigenvalue weighted by Gasteiger charge is 2.17. The second kappa shape index (κ2) is 5.05. The smallest absolute Gasteiger partial charge is 0.260 e. The number of carbonyl (C=O) groups excluding carboxylic acids is 1. The number of carbonyl (C=O) groups is 1. The monoisotopic (exact) mass is 247 g/mol. The summed E-state index contributed by atoms with van der Waals surface area (Å²) in [6.07, 6.45) is 1.90. The Morgan fingerprint density at radius 1 is 1.35 bits per heavy atom. The summed E-state index contributed by atoms with van der Waals surface area (Å²) in [5.41, 5.74) is 2.18. The second-order valence-electron chi connectivity index (χ2n) is 3.55. The lowest BCUT2D eigenvalue weighted by atomic mass is 10.2. The van der Waals surface area contributed by atoms with E-state index in [1.807, 2.05) is 43.5 Å². The van der Waals surface area contributed by atoms with Crippen LogP contribution in [0.2, 0.25) is 0 Å². The number of rotatable bonds is 3. The van der Waals surface area contributed by atoms with Gasteiger partial charge in [-0.1, -0.05) is 18.2 Å². The summed E-state index contributed by atoms with van der Waals surface area (Å²) >= 11 is 1.45. The van der Waals surface area contributed by atoms with E-state index < -0.39 is 0 Å². The maximum absolute atomic E-state index is 12.1. The van der Waals surface area contributed by atoms with Crippen LogP contribution in [0.3, 0.4) is 0 Å². The number of aromatic nitrogens is 2. The Balaban J connectivity index is 2.23. The van der Waals surface area contributed by atoms with Crippen LogP contribution in [-0.2, 0) is 0 Å². The number of aromatic amines is 1. The molecule has 0 aliphatic rings. The molecule has 1 aromatic heterocycles. The van der Waals surface area contributed by atoms with Crippen molar-refractivity contribution in [2.45, 2.75) is 11.9 Å². The predicted octanol–water partition coefficient (Wildman–Crippen LogP) is 2.69. The maximum Gasteiger partial charge on any atom is 0.260 e. The van der Waals surface area contributed by atoms with Gasteiger partial charge in [0, 0.05) is 11.4 Å². The van der Waals surface area contributed by atoms with Crippen LogP contribution in [0.1, 0.15) is 16.1 Å². The van der Waals surface area contributed by atoms with Gasteiger partial charge in [-0.25, -0.2) is 0 Å². The summed E-state index contributed by atoms with van der Waals surface area (Å²) in [7, 11) is 0. The van der Waals surface area contributed by atoms with Crippen LogP contribution < -0.4 is 5.32 Å². The van der Waals surface area contributed by atoms with Crippen LogP contribution in [0.25, 0.3) is 0 Å². The second-order valence-corrected chi connectivity index (χ2v) is 4.35. The van der Waals surface area contributed by atoms with Gasteiger partial charge in [0.1, 0.15) is 5.03 Å².